The van der Waals surface area contributed by atoms with E-state index in [4.69, 9.17) is 14.5 Å². The Morgan fingerprint density at radius 2 is 1.74 bits per heavy atom. The molecule has 0 aliphatic carbocycles. The van der Waals surface area contributed by atoms with Crippen molar-refractivity contribution in [1.82, 2.24) is 19.7 Å². The summed E-state index contributed by atoms with van der Waals surface area (Å²) in [4.78, 5) is 20.5. The second-order valence-electron chi connectivity index (χ2n) is 8.54. The standard InChI is InChI=1S/C24H28N4O3/c1-16(2)28-23-19(15-25-28)18(24(29)27-9-5-3-4-6-10-27)14-20(26-23)17-7-8-21-22(13-17)31-12-11-30-21/h7-8,13-16H,3-6,9-12H2,1-2H3. The first-order valence-electron chi connectivity index (χ1n) is 11.2. The Morgan fingerprint density at radius 1 is 1.00 bits per heavy atom. The second-order valence-corrected chi connectivity index (χ2v) is 8.54. The van der Waals surface area contributed by atoms with E-state index < -0.39 is 0 Å². The lowest BCUT2D eigenvalue weighted by Crippen LogP contribution is -2.32. The number of nitrogens with zero attached hydrogens (tertiary/aromatic N) is 4. The molecule has 0 atom stereocenters. The zero-order chi connectivity index (χ0) is 21.4. The lowest BCUT2D eigenvalue weighted by atomic mass is 10.0. The average molecular weight is 421 g/mol. The quantitative estimate of drug-likeness (QED) is 0.625. The van der Waals surface area contributed by atoms with Crippen LogP contribution in [-0.4, -0.2) is 51.9 Å². The van der Waals surface area contributed by atoms with Gasteiger partial charge in [-0.05, 0) is 51.0 Å². The molecule has 2 aliphatic heterocycles. The summed E-state index contributed by atoms with van der Waals surface area (Å²) in [5.74, 6) is 1.52. The van der Waals surface area contributed by atoms with Crippen LogP contribution in [0.1, 0.15) is 55.9 Å². The van der Waals surface area contributed by atoms with Crippen molar-refractivity contribution in [3.63, 3.8) is 0 Å². The number of fused-ring (bicyclic) bond motifs is 2. The molecule has 2 aromatic heterocycles. The Hall–Kier alpha value is -3.09. The van der Waals surface area contributed by atoms with Crippen LogP contribution in [0.25, 0.3) is 22.3 Å². The SMILES string of the molecule is CC(C)n1ncc2c(C(=O)N3CCCCCC3)cc(-c3ccc4c(c3)OCCO4)nc21. The first kappa shape index (κ1) is 19.8. The van der Waals surface area contributed by atoms with Crippen molar-refractivity contribution in [2.75, 3.05) is 26.3 Å². The zero-order valence-electron chi connectivity index (χ0n) is 18.1. The number of benzene rings is 1. The Morgan fingerprint density at radius 3 is 2.48 bits per heavy atom. The number of carbonyl (C=O) groups is 1. The van der Waals surface area contributed by atoms with Gasteiger partial charge in [0.1, 0.15) is 13.2 Å². The summed E-state index contributed by atoms with van der Waals surface area (Å²) in [6.45, 7) is 6.84. The van der Waals surface area contributed by atoms with Crippen molar-refractivity contribution in [2.45, 2.75) is 45.6 Å². The van der Waals surface area contributed by atoms with Crippen LogP contribution in [-0.2, 0) is 0 Å². The van der Waals surface area contributed by atoms with E-state index in [1.165, 1.54) is 12.8 Å². The third-order valence-corrected chi connectivity index (χ3v) is 6.02. The van der Waals surface area contributed by atoms with Gasteiger partial charge in [-0.2, -0.15) is 5.10 Å². The zero-order valence-corrected chi connectivity index (χ0v) is 18.1. The monoisotopic (exact) mass is 420 g/mol. The molecule has 1 fully saturated rings. The largest absolute Gasteiger partial charge is 0.486 e. The molecular formula is C24H28N4O3. The van der Waals surface area contributed by atoms with Crippen LogP contribution >= 0.6 is 0 Å². The Bertz CT molecular complexity index is 1110. The van der Waals surface area contributed by atoms with Crippen LogP contribution < -0.4 is 9.47 Å². The number of rotatable bonds is 3. The topological polar surface area (TPSA) is 69.5 Å². The van der Waals surface area contributed by atoms with Gasteiger partial charge < -0.3 is 14.4 Å². The van der Waals surface area contributed by atoms with Gasteiger partial charge in [0.05, 0.1) is 22.8 Å². The Kier molecular flexibility index (Phi) is 5.26. The van der Waals surface area contributed by atoms with E-state index in [0.29, 0.717) is 24.5 Å². The highest BCUT2D eigenvalue weighted by molar-refractivity contribution is 6.06. The first-order valence-corrected chi connectivity index (χ1v) is 11.2. The molecule has 0 unspecified atom stereocenters. The van der Waals surface area contributed by atoms with Crippen LogP contribution in [0.4, 0.5) is 0 Å². The van der Waals surface area contributed by atoms with Gasteiger partial charge in [0.25, 0.3) is 5.91 Å². The van der Waals surface area contributed by atoms with Crippen LogP contribution in [0.2, 0.25) is 0 Å². The lowest BCUT2D eigenvalue weighted by Gasteiger charge is -2.21. The van der Waals surface area contributed by atoms with E-state index in [2.05, 4.69) is 18.9 Å². The summed E-state index contributed by atoms with van der Waals surface area (Å²) in [5, 5.41) is 5.35. The third-order valence-electron chi connectivity index (χ3n) is 6.02. The van der Waals surface area contributed by atoms with Crippen molar-refractivity contribution in [3.8, 4) is 22.8 Å². The molecule has 7 nitrogen and oxygen atoms in total. The van der Waals surface area contributed by atoms with Crippen molar-refractivity contribution < 1.29 is 14.3 Å². The molecule has 1 aromatic carbocycles. The van der Waals surface area contributed by atoms with E-state index in [9.17, 15) is 4.79 Å². The number of ether oxygens (including phenoxy) is 2. The Balaban J connectivity index is 1.63. The highest BCUT2D eigenvalue weighted by Crippen LogP contribution is 2.35. The van der Waals surface area contributed by atoms with Gasteiger partial charge in [-0.1, -0.05) is 12.8 Å². The fourth-order valence-corrected chi connectivity index (χ4v) is 4.37. The highest BCUT2D eigenvalue weighted by atomic mass is 16.6. The van der Waals surface area contributed by atoms with Gasteiger partial charge in [0, 0.05) is 24.7 Å². The summed E-state index contributed by atoms with van der Waals surface area (Å²) in [6, 6.07) is 7.87. The molecule has 0 bridgehead atoms. The molecular weight excluding hydrogens is 392 g/mol. The second kappa shape index (κ2) is 8.21. The maximum atomic E-state index is 13.6. The summed E-state index contributed by atoms with van der Waals surface area (Å²) in [5.41, 5.74) is 3.04. The van der Waals surface area contributed by atoms with Crippen LogP contribution in [0.15, 0.2) is 30.5 Å². The molecule has 31 heavy (non-hydrogen) atoms. The molecule has 162 valence electrons. The molecule has 0 N–H and O–H groups in total. The number of hydrogen-bond acceptors (Lipinski definition) is 5. The number of aromatic nitrogens is 3. The van der Waals surface area contributed by atoms with Crippen molar-refractivity contribution in [1.29, 1.82) is 0 Å². The summed E-state index contributed by atoms with van der Waals surface area (Å²) < 4.78 is 13.3. The van der Waals surface area contributed by atoms with E-state index in [0.717, 1.165) is 54.0 Å². The minimum atomic E-state index is 0.0661. The fraction of sp³-hybridized carbons (Fsp3) is 0.458. The van der Waals surface area contributed by atoms with Crippen LogP contribution in [0.5, 0.6) is 11.5 Å². The lowest BCUT2D eigenvalue weighted by molar-refractivity contribution is 0.0763. The third kappa shape index (κ3) is 3.73. The molecule has 3 aromatic rings. The first-order chi connectivity index (χ1) is 15.1. The van der Waals surface area contributed by atoms with Gasteiger partial charge in [-0.3, -0.25) is 4.79 Å². The van der Waals surface area contributed by atoms with E-state index >= 15 is 0 Å². The van der Waals surface area contributed by atoms with Crippen molar-refractivity contribution in [3.05, 3.63) is 36.0 Å². The number of pyridine rings is 1. The van der Waals surface area contributed by atoms with Crippen LogP contribution in [0, 0.1) is 0 Å². The van der Waals surface area contributed by atoms with Crippen molar-refractivity contribution in [2.24, 2.45) is 0 Å². The van der Waals surface area contributed by atoms with Gasteiger partial charge in [0.2, 0.25) is 0 Å². The molecule has 5 rings (SSSR count). The fourth-order valence-electron chi connectivity index (χ4n) is 4.37. The molecule has 0 radical (unpaired) electrons. The maximum Gasteiger partial charge on any atom is 0.254 e. The van der Waals surface area contributed by atoms with Gasteiger partial charge >= 0.3 is 0 Å². The number of carbonyl (C=O) groups excluding carboxylic acids is 1. The molecule has 2 aliphatic rings. The molecule has 4 heterocycles. The number of hydrogen-bond donors (Lipinski definition) is 0. The van der Waals surface area contributed by atoms with Gasteiger partial charge in [-0.15, -0.1) is 0 Å². The van der Waals surface area contributed by atoms with Gasteiger partial charge in [-0.25, -0.2) is 9.67 Å². The number of likely N-dealkylation sites (tertiary alicyclic amines) is 1. The Labute approximate surface area is 182 Å². The number of amides is 1. The summed E-state index contributed by atoms with van der Waals surface area (Å²) in [7, 11) is 0. The minimum Gasteiger partial charge on any atom is -0.486 e. The predicted molar refractivity (Wildman–Crippen MR) is 119 cm³/mol. The normalized spacial score (nSPS) is 16.5. The average Bonchev–Trinajstić information content (AvgIpc) is 3.04. The summed E-state index contributed by atoms with van der Waals surface area (Å²) >= 11 is 0. The minimum absolute atomic E-state index is 0.0661. The molecule has 7 heteroatoms. The van der Waals surface area contributed by atoms with Crippen molar-refractivity contribution >= 4 is 16.9 Å². The summed E-state index contributed by atoms with van der Waals surface area (Å²) in [6.07, 6.45) is 6.26. The molecule has 1 saturated heterocycles. The van der Waals surface area contributed by atoms with E-state index in [-0.39, 0.29) is 11.9 Å². The maximum absolute atomic E-state index is 13.6. The molecule has 0 saturated carbocycles. The van der Waals surface area contributed by atoms with Gasteiger partial charge in [0.15, 0.2) is 17.1 Å². The van der Waals surface area contributed by atoms with E-state index in [1.807, 2.05) is 33.8 Å². The smallest absolute Gasteiger partial charge is 0.254 e. The van der Waals surface area contributed by atoms with E-state index in [1.54, 1.807) is 6.20 Å². The predicted octanol–water partition coefficient (Wildman–Crippen LogP) is 4.47. The highest BCUT2D eigenvalue weighted by Gasteiger charge is 2.24. The molecule has 1 amide bonds. The molecule has 0 spiro atoms. The van der Waals surface area contributed by atoms with Crippen LogP contribution in [0.3, 0.4) is 0 Å².